The lowest BCUT2D eigenvalue weighted by Gasteiger charge is -2.11. The van der Waals surface area contributed by atoms with E-state index in [4.69, 9.17) is 5.84 Å². The fourth-order valence-electron chi connectivity index (χ4n) is 1.18. The van der Waals surface area contributed by atoms with Gasteiger partial charge in [0.1, 0.15) is 6.33 Å². The quantitative estimate of drug-likeness (QED) is 0.516. The summed E-state index contributed by atoms with van der Waals surface area (Å²) in [5.74, 6) is 5.59. The van der Waals surface area contributed by atoms with Crippen molar-refractivity contribution in [2.45, 2.75) is 0 Å². The molecule has 2 N–H and O–H groups in total. The number of nitrogens with zero attached hydrogens (tertiary/aromatic N) is 3. The maximum atomic E-state index is 5.59. The van der Waals surface area contributed by atoms with Crippen LogP contribution in [0.4, 0.5) is 5.69 Å². The molecule has 1 aromatic heterocycles. The topological polar surface area (TPSA) is 55.0 Å². The molecule has 0 spiro atoms. The number of anilines is 1. The number of hydrazine groups is 1. The number of nitrogens with two attached hydrogens (primary N) is 1. The summed E-state index contributed by atoms with van der Waals surface area (Å²) in [5, 5.41) is 2.58. The Bertz CT molecular complexity index is 425. The Morgan fingerprint density at radius 3 is 3.00 bits per heavy atom. The van der Waals surface area contributed by atoms with Crippen LogP contribution in [0.15, 0.2) is 30.7 Å². The summed E-state index contributed by atoms with van der Waals surface area (Å²) in [7, 11) is 1.79. The van der Waals surface area contributed by atoms with E-state index in [0.717, 1.165) is 16.6 Å². The van der Waals surface area contributed by atoms with E-state index in [2.05, 4.69) is 9.97 Å². The molecule has 4 heteroatoms. The van der Waals surface area contributed by atoms with Gasteiger partial charge in [0.25, 0.3) is 0 Å². The van der Waals surface area contributed by atoms with Crippen molar-refractivity contribution in [3.05, 3.63) is 30.7 Å². The second-order valence-corrected chi connectivity index (χ2v) is 2.88. The molecule has 0 unspecified atom stereocenters. The molecule has 1 heterocycles. The van der Waals surface area contributed by atoms with Crippen molar-refractivity contribution in [3.8, 4) is 0 Å². The average molecular weight is 174 g/mol. The Morgan fingerprint density at radius 1 is 1.38 bits per heavy atom. The Labute approximate surface area is 76.0 Å². The zero-order chi connectivity index (χ0) is 9.26. The van der Waals surface area contributed by atoms with Crippen LogP contribution in [0.2, 0.25) is 0 Å². The average Bonchev–Trinajstić information content (AvgIpc) is 2.17. The molecule has 0 amide bonds. The highest BCUT2D eigenvalue weighted by Crippen LogP contribution is 2.16. The van der Waals surface area contributed by atoms with Crippen LogP contribution in [0.1, 0.15) is 0 Å². The maximum Gasteiger partial charge on any atom is 0.116 e. The van der Waals surface area contributed by atoms with Gasteiger partial charge in [0, 0.05) is 18.6 Å². The summed E-state index contributed by atoms with van der Waals surface area (Å²) < 4.78 is 0. The third-order valence-corrected chi connectivity index (χ3v) is 1.90. The largest absolute Gasteiger partial charge is 0.314 e. The molecular formula is C9H10N4. The van der Waals surface area contributed by atoms with Crippen LogP contribution in [0.25, 0.3) is 10.9 Å². The normalized spacial score (nSPS) is 10.3. The lowest BCUT2D eigenvalue weighted by atomic mass is 10.2. The van der Waals surface area contributed by atoms with Gasteiger partial charge in [-0.15, -0.1) is 0 Å². The minimum Gasteiger partial charge on any atom is -0.314 e. The van der Waals surface area contributed by atoms with Gasteiger partial charge in [0.15, 0.2) is 0 Å². The van der Waals surface area contributed by atoms with Gasteiger partial charge in [-0.3, -0.25) is 0 Å². The van der Waals surface area contributed by atoms with Crippen molar-refractivity contribution in [1.82, 2.24) is 9.97 Å². The van der Waals surface area contributed by atoms with Gasteiger partial charge in [-0.25, -0.2) is 15.8 Å². The second-order valence-electron chi connectivity index (χ2n) is 2.88. The van der Waals surface area contributed by atoms with Crippen molar-refractivity contribution in [2.24, 2.45) is 5.84 Å². The highest BCUT2D eigenvalue weighted by atomic mass is 15.4. The van der Waals surface area contributed by atoms with Crippen molar-refractivity contribution >= 4 is 16.6 Å². The molecular weight excluding hydrogens is 164 g/mol. The third-order valence-electron chi connectivity index (χ3n) is 1.90. The smallest absolute Gasteiger partial charge is 0.116 e. The molecule has 4 nitrogen and oxygen atoms in total. The molecule has 1 aromatic carbocycles. The Morgan fingerprint density at radius 2 is 2.23 bits per heavy atom. The first-order valence-corrected chi connectivity index (χ1v) is 3.95. The van der Waals surface area contributed by atoms with Crippen LogP contribution < -0.4 is 10.9 Å². The van der Waals surface area contributed by atoms with E-state index in [-0.39, 0.29) is 0 Å². The van der Waals surface area contributed by atoms with Gasteiger partial charge >= 0.3 is 0 Å². The summed E-state index contributed by atoms with van der Waals surface area (Å²) >= 11 is 0. The molecule has 66 valence electrons. The minimum absolute atomic E-state index is 0.907. The summed E-state index contributed by atoms with van der Waals surface area (Å²) in [6.45, 7) is 0. The van der Waals surface area contributed by atoms with E-state index >= 15 is 0 Å². The lowest BCUT2D eigenvalue weighted by molar-refractivity contribution is 1.02. The molecule has 0 bridgehead atoms. The highest BCUT2D eigenvalue weighted by Gasteiger charge is 1.98. The first-order chi connectivity index (χ1) is 6.27. The molecule has 0 aliphatic carbocycles. The van der Waals surface area contributed by atoms with E-state index in [1.165, 1.54) is 6.33 Å². The van der Waals surface area contributed by atoms with Crippen LogP contribution in [0, 0.1) is 0 Å². The van der Waals surface area contributed by atoms with E-state index in [1.54, 1.807) is 18.3 Å². The van der Waals surface area contributed by atoms with Gasteiger partial charge in [-0.2, -0.15) is 0 Å². The summed E-state index contributed by atoms with van der Waals surface area (Å²) in [6, 6.07) is 5.82. The third kappa shape index (κ3) is 1.43. The first kappa shape index (κ1) is 7.94. The fourth-order valence-corrected chi connectivity index (χ4v) is 1.18. The number of benzene rings is 1. The van der Waals surface area contributed by atoms with E-state index in [9.17, 15) is 0 Å². The fraction of sp³-hybridized carbons (Fsp3) is 0.111. The van der Waals surface area contributed by atoms with Crippen molar-refractivity contribution < 1.29 is 0 Å². The first-order valence-electron chi connectivity index (χ1n) is 3.95. The number of hydrogen-bond donors (Lipinski definition) is 1. The van der Waals surface area contributed by atoms with Crippen molar-refractivity contribution in [3.63, 3.8) is 0 Å². The molecule has 0 aliphatic rings. The summed E-state index contributed by atoms with van der Waals surface area (Å²) in [4.78, 5) is 8.06. The molecule has 13 heavy (non-hydrogen) atoms. The second kappa shape index (κ2) is 2.99. The van der Waals surface area contributed by atoms with Gasteiger partial charge in [-0.05, 0) is 18.2 Å². The molecule has 0 saturated carbocycles. The van der Waals surface area contributed by atoms with Crippen LogP contribution in [-0.2, 0) is 0 Å². The van der Waals surface area contributed by atoms with Crippen LogP contribution >= 0.6 is 0 Å². The van der Waals surface area contributed by atoms with Crippen molar-refractivity contribution in [2.75, 3.05) is 12.1 Å². The van der Waals surface area contributed by atoms with Crippen molar-refractivity contribution in [1.29, 1.82) is 0 Å². The van der Waals surface area contributed by atoms with Crippen LogP contribution in [0.3, 0.4) is 0 Å². The summed E-state index contributed by atoms with van der Waals surface area (Å²) in [5.41, 5.74) is 1.84. The van der Waals surface area contributed by atoms with Gasteiger partial charge in [-0.1, -0.05) is 0 Å². The standard InChI is InChI=1S/C9H10N4/c1-13(10)8-3-2-7-5-11-6-12-9(7)4-8/h2-6H,10H2,1H3. The predicted octanol–water partition coefficient (Wildman–Crippen LogP) is 0.940. The van der Waals surface area contributed by atoms with Gasteiger partial charge in [0.2, 0.25) is 0 Å². The molecule has 0 aliphatic heterocycles. The number of rotatable bonds is 1. The molecule has 2 aromatic rings. The zero-order valence-electron chi connectivity index (χ0n) is 7.31. The van der Waals surface area contributed by atoms with E-state index in [0.29, 0.717) is 0 Å². The van der Waals surface area contributed by atoms with Crippen LogP contribution in [0.5, 0.6) is 0 Å². The van der Waals surface area contributed by atoms with E-state index < -0.39 is 0 Å². The number of aromatic nitrogens is 2. The molecule has 0 saturated heterocycles. The number of fused-ring (bicyclic) bond motifs is 1. The van der Waals surface area contributed by atoms with Crippen LogP contribution in [-0.4, -0.2) is 17.0 Å². The summed E-state index contributed by atoms with van der Waals surface area (Å²) in [6.07, 6.45) is 3.31. The highest BCUT2D eigenvalue weighted by molar-refractivity contribution is 5.81. The molecule has 2 rings (SSSR count). The monoisotopic (exact) mass is 174 g/mol. The zero-order valence-corrected chi connectivity index (χ0v) is 7.31. The Kier molecular flexibility index (Phi) is 1.83. The Balaban J connectivity index is 2.62. The minimum atomic E-state index is 0.907. The molecule has 0 radical (unpaired) electrons. The SMILES string of the molecule is CN(N)c1ccc2cncnc2c1. The van der Waals surface area contributed by atoms with E-state index in [1.807, 2.05) is 18.2 Å². The molecule has 0 atom stereocenters. The van der Waals surface area contributed by atoms with Gasteiger partial charge in [0.05, 0.1) is 11.2 Å². The van der Waals surface area contributed by atoms with Gasteiger partial charge < -0.3 is 5.01 Å². The predicted molar refractivity (Wildman–Crippen MR) is 52.1 cm³/mol. The number of hydrogen-bond acceptors (Lipinski definition) is 4. The maximum absolute atomic E-state index is 5.59. The lowest BCUT2D eigenvalue weighted by Crippen LogP contribution is -2.24. The Hall–Kier alpha value is -1.68. The molecule has 0 fully saturated rings.